The zero-order valence-corrected chi connectivity index (χ0v) is 12.2. The molecular weight excluding hydrogens is 228 g/mol. The minimum absolute atomic E-state index is 0.783. The molecule has 17 heavy (non-hydrogen) atoms. The normalized spacial score (nSPS) is 20.6. The molecule has 0 heterocycles. The van der Waals surface area contributed by atoms with Crippen LogP contribution < -0.4 is 11.1 Å². The zero-order chi connectivity index (χ0) is 13.3. The molecule has 0 saturated heterocycles. The predicted octanol–water partition coefficient (Wildman–Crippen LogP) is 3.54. The monoisotopic (exact) mass is 254 g/mol. The van der Waals surface area contributed by atoms with Gasteiger partial charge in [-0.05, 0) is 50.8 Å². The maximum absolute atomic E-state index is 5.56. The Bertz CT molecular complexity index is 282. The van der Waals surface area contributed by atoms with Crippen molar-refractivity contribution in [2.24, 2.45) is 11.7 Å². The summed E-state index contributed by atoms with van der Waals surface area (Å²) in [5.74, 6) is 3.62. The average Bonchev–Trinajstić information content (AvgIpc) is 2.40. The van der Waals surface area contributed by atoms with Gasteiger partial charge >= 0.3 is 0 Å². The number of allylic oxidation sites excluding steroid dienone is 3. The van der Waals surface area contributed by atoms with Crippen LogP contribution in [0.2, 0.25) is 0 Å². The highest BCUT2D eigenvalue weighted by Crippen LogP contribution is 2.33. The molecule has 0 fully saturated rings. The van der Waals surface area contributed by atoms with E-state index in [0.717, 1.165) is 12.3 Å². The number of hydrogen-bond donors (Lipinski definition) is 2. The number of hydrogen-bond acceptors (Lipinski definition) is 3. The van der Waals surface area contributed by atoms with Crippen LogP contribution in [0, 0.1) is 5.92 Å². The number of nitrogens with two attached hydrogens (primary N) is 1. The molecule has 0 spiro atoms. The fourth-order valence-electron chi connectivity index (χ4n) is 2.41. The molecule has 1 atom stereocenters. The minimum atomic E-state index is 0.783. The lowest BCUT2D eigenvalue weighted by atomic mass is 9.81. The van der Waals surface area contributed by atoms with E-state index in [0.29, 0.717) is 0 Å². The third kappa shape index (κ3) is 5.35. The van der Waals surface area contributed by atoms with E-state index in [2.05, 4.69) is 37.3 Å². The summed E-state index contributed by atoms with van der Waals surface area (Å²) >= 11 is 3.83. The van der Waals surface area contributed by atoms with Crippen molar-refractivity contribution in [3.8, 4) is 0 Å². The summed E-state index contributed by atoms with van der Waals surface area (Å²) in [4.78, 5) is 0. The first kappa shape index (κ1) is 16.2. The van der Waals surface area contributed by atoms with E-state index in [1.165, 1.54) is 31.4 Å². The molecular formula is C14H26N2S. The summed E-state index contributed by atoms with van der Waals surface area (Å²) in [5.41, 5.74) is 10.0. The van der Waals surface area contributed by atoms with Gasteiger partial charge in [0.25, 0.3) is 0 Å². The first-order valence-corrected chi connectivity index (χ1v) is 6.83. The van der Waals surface area contributed by atoms with Crippen molar-refractivity contribution in [2.45, 2.75) is 46.0 Å². The van der Waals surface area contributed by atoms with Crippen LogP contribution >= 0.6 is 12.2 Å². The van der Waals surface area contributed by atoms with Crippen LogP contribution in [0.1, 0.15) is 46.0 Å². The summed E-state index contributed by atoms with van der Waals surface area (Å²) in [6, 6.07) is 0. The SMILES string of the molecule is C=S.CCC1=C(C)CCC(C/C(=C/N)NC)C1. The van der Waals surface area contributed by atoms with E-state index in [1.807, 2.05) is 7.05 Å². The average molecular weight is 254 g/mol. The molecule has 1 aliphatic rings. The van der Waals surface area contributed by atoms with Crippen molar-refractivity contribution in [3.63, 3.8) is 0 Å². The van der Waals surface area contributed by atoms with Crippen molar-refractivity contribution in [2.75, 3.05) is 7.05 Å². The van der Waals surface area contributed by atoms with E-state index in [-0.39, 0.29) is 0 Å². The molecule has 1 rings (SSSR count). The largest absolute Gasteiger partial charge is 0.403 e. The molecule has 3 N–H and O–H groups in total. The molecule has 1 aliphatic carbocycles. The van der Waals surface area contributed by atoms with Gasteiger partial charge in [0, 0.05) is 18.9 Å². The van der Waals surface area contributed by atoms with Gasteiger partial charge in [-0.1, -0.05) is 30.3 Å². The van der Waals surface area contributed by atoms with E-state index >= 15 is 0 Å². The maximum Gasteiger partial charge on any atom is 0.0264 e. The van der Waals surface area contributed by atoms with Crippen LogP contribution in [-0.2, 0) is 0 Å². The first-order chi connectivity index (χ1) is 8.21. The molecule has 0 aromatic carbocycles. The lowest BCUT2D eigenvalue weighted by Gasteiger charge is -2.26. The zero-order valence-electron chi connectivity index (χ0n) is 11.4. The van der Waals surface area contributed by atoms with Crippen LogP contribution in [-0.4, -0.2) is 12.9 Å². The second-order valence-electron chi connectivity index (χ2n) is 4.49. The molecule has 0 aromatic heterocycles. The van der Waals surface area contributed by atoms with Crippen LogP contribution in [0.5, 0.6) is 0 Å². The van der Waals surface area contributed by atoms with Gasteiger partial charge < -0.3 is 11.1 Å². The van der Waals surface area contributed by atoms with Crippen molar-refractivity contribution >= 4 is 18.1 Å². The van der Waals surface area contributed by atoms with Crippen LogP contribution in [0.15, 0.2) is 23.0 Å². The van der Waals surface area contributed by atoms with Gasteiger partial charge in [-0.25, -0.2) is 0 Å². The molecule has 0 saturated carbocycles. The second kappa shape index (κ2) is 9.23. The Morgan fingerprint density at radius 2 is 2.24 bits per heavy atom. The van der Waals surface area contributed by atoms with Crippen molar-refractivity contribution < 1.29 is 0 Å². The molecule has 0 aromatic rings. The topological polar surface area (TPSA) is 38.0 Å². The Kier molecular flexibility index (Phi) is 8.78. The molecule has 1 unspecified atom stereocenters. The Hall–Kier alpha value is -0.830. The lowest BCUT2D eigenvalue weighted by molar-refractivity contribution is 0.437. The standard InChI is InChI=1S/C13H24N2.CH2S/c1-4-12-7-11(6-5-10(12)2)8-13(9-14)15-3;1-2/h9,11,15H,4-8,14H2,1-3H3;1H2/b13-9-;. The Morgan fingerprint density at radius 3 is 2.71 bits per heavy atom. The fraction of sp³-hybridized carbons (Fsp3) is 0.643. The van der Waals surface area contributed by atoms with Gasteiger partial charge in [-0.15, -0.1) is 0 Å². The summed E-state index contributed by atoms with van der Waals surface area (Å²) < 4.78 is 0. The van der Waals surface area contributed by atoms with Crippen LogP contribution in [0.25, 0.3) is 0 Å². The van der Waals surface area contributed by atoms with Gasteiger partial charge in [0.2, 0.25) is 0 Å². The molecule has 98 valence electrons. The molecule has 2 nitrogen and oxygen atoms in total. The van der Waals surface area contributed by atoms with E-state index in [1.54, 1.807) is 17.3 Å². The van der Waals surface area contributed by atoms with Gasteiger partial charge in [0.05, 0.1) is 0 Å². The molecule has 0 radical (unpaired) electrons. The van der Waals surface area contributed by atoms with Crippen molar-refractivity contribution in [1.29, 1.82) is 0 Å². The highest BCUT2D eigenvalue weighted by Gasteiger charge is 2.18. The predicted molar refractivity (Wildman–Crippen MR) is 81.0 cm³/mol. The van der Waals surface area contributed by atoms with E-state index in [9.17, 15) is 0 Å². The molecule has 3 heteroatoms. The minimum Gasteiger partial charge on any atom is -0.403 e. The summed E-state index contributed by atoms with van der Waals surface area (Å²) in [6.07, 6.45) is 7.87. The fourth-order valence-corrected chi connectivity index (χ4v) is 2.41. The lowest BCUT2D eigenvalue weighted by Crippen LogP contribution is -2.16. The van der Waals surface area contributed by atoms with Gasteiger partial charge in [-0.2, -0.15) is 0 Å². The highest BCUT2D eigenvalue weighted by molar-refractivity contribution is 7.77. The smallest absolute Gasteiger partial charge is 0.0264 e. The summed E-state index contributed by atoms with van der Waals surface area (Å²) in [6.45, 7) is 4.55. The third-order valence-electron chi connectivity index (χ3n) is 3.52. The number of rotatable bonds is 4. The number of thiocarbonyl (C=S) groups is 1. The van der Waals surface area contributed by atoms with E-state index < -0.39 is 0 Å². The van der Waals surface area contributed by atoms with Gasteiger partial charge in [0.1, 0.15) is 0 Å². The summed E-state index contributed by atoms with van der Waals surface area (Å²) in [5, 5.41) is 3.16. The van der Waals surface area contributed by atoms with Crippen molar-refractivity contribution in [3.05, 3.63) is 23.0 Å². The Labute approximate surface area is 111 Å². The maximum atomic E-state index is 5.56. The Morgan fingerprint density at radius 1 is 1.59 bits per heavy atom. The molecule has 0 bridgehead atoms. The molecule has 0 aliphatic heterocycles. The first-order valence-electron chi connectivity index (χ1n) is 6.26. The van der Waals surface area contributed by atoms with Crippen LogP contribution in [0.3, 0.4) is 0 Å². The van der Waals surface area contributed by atoms with Crippen LogP contribution in [0.4, 0.5) is 0 Å². The second-order valence-corrected chi connectivity index (χ2v) is 4.49. The Balaban J connectivity index is 0.00000121. The number of nitrogens with one attached hydrogen (secondary N) is 1. The van der Waals surface area contributed by atoms with E-state index in [4.69, 9.17) is 5.73 Å². The van der Waals surface area contributed by atoms with Crippen molar-refractivity contribution in [1.82, 2.24) is 5.32 Å². The third-order valence-corrected chi connectivity index (χ3v) is 3.52. The van der Waals surface area contributed by atoms with Gasteiger partial charge in [0.15, 0.2) is 0 Å². The molecule has 0 amide bonds. The quantitative estimate of drug-likeness (QED) is 0.595. The highest BCUT2D eigenvalue weighted by atomic mass is 32.1. The van der Waals surface area contributed by atoms with Gasteiger partial charge in [-0.3, -0.25) is 0 Å². The summed E-state index contributed by atoms with van der Waals surface area (Å²) in [7, 11) is 1.95.